The highest BCUT2D eigenvalue weighted by Crippen LogP contribution is 2.34. The highest BCUT2D eigenvalue weighted by atomic mass is 16.2. The molecule has 1 fully saturated rings. The standard InChI is InChI=1S/C26H25N3O/c1-19-9-5-7-13-23(19)29-18-21(17-25(29)30)26-27-22-12-6-8-14-24(22)28(26)16-15-20-10-3-2-4-11-20/h2-14,21H,15-18H2,1H3/t21-/m0/s1. The van der Waals surface area contributed by atoms with Crippen LogP contribution >= 0.6 is 0 Å². The van der Waals surface area contributed by atoms with Crippen molar-refractivity contribution in [3.8, 4) is 0 Å². The maximum atomic E-state index is 12.9. The first-order valence-corrected chi connectivity index (χ1v) is 10.6. The monoisotopic (exact) mass is 395 g/mol. The van der Waals surface area contributed by atoms with E-state index in [1.807, 2.05) is 35.2 Å². The molecule has 2 heterocycles. The lowest BCUT2D eigenvalue weighted by Gasteiger charge is -2.19. The lowest BCUT2D eigenvalue weighted by Crippen LogP contribution is -2.25. The Morgan fingerprint density at radius 2 is 1.67 bits per heavy atom. The molecule has 1 aliphatic rings. The lowest BCUT2D eigenvalue weighted by atomic mass is 10.1. The van der Waals surface area contributed by atoms with Crippen molar-refractivity contribution in [1.82, 2.24) is 9.55 Å². The van der Waals surface area contributed by atoms with Crippen LogP contribution in [0.4, 0.5) is 5.69 Å². The molecule has 4 aromatic rings. The molecule has 0 radical (unpaired) electrons. The predicted octanol–water partition coefficient (Wildman–Crippen LogP) is 5.11. The fraction of sp³-hybridized carbons (Fsp3) is 0.231. The molecule has 3 aromatic carbocycles. The topological polar surface area (TPSA) is 38.1 Å². The first kappa shape index (κ1) is 18.6. The Labute approximate surface area is 176 Å². The SMILES string of the molecule is Cc1ccccc1N1C[C@@H](c2nc3ccccc3n2CCc2ccccc2)CC1=O. The van der Waals surface area contributed by atoms with E-state index in [1.165, 1.54) is 5.56 Å². The number of anilines is 1. The average Bonchev–Trinajstić information content (AvgIpc) is 3.34. The van der Waals surface area contributed by atoms with Crippen LogP contribution in [0, 0.1) is 6.92 Å². The minimum Gasteiger partial charge on any atom is -0.327 e. The minimum absolute atomic E-state index is 0.0975. The second-order valence-corrected chi connectivity index (χ2v) is 8.04. The van der Waals surface area contributed by atoms with Crippen molar-refractivity contribution < 1.29 is 4.79 Å². The number of carbonyl (C=O) groups is 1. The second-order valence-electron chi connectivity index (χ2n) is 8.04. The molecule has 0 N–H and O–H groups in total. The number of hydrogen-bond donors (Lipinski definition) is 0. The molecule has 1 amide bonds. The zero-order valence-corrected chi connectivity index (χ0v) is 17.2. The zero-order chi connectivity index (χ0) is 20.5. The summed E-state index contributed by atoms with van der Waals surface area (Å²) in [6, 6.07) is 26.9. The summed E-state index contributed by atoms with van der Waals surface area (Å²) in [5.74, 6) is 1.30. The molecule has 4 nitrogen and oxygen atoms in total. The van der Waals surface area contributed by atoms with Crippen molar-refractivity contribution >= 4 is 22.6 Å². The number of imidazole rings is 1. The molecule has 0 spiro atoms. The molecule has 4 heteroatoms. The number of para-hydroxylation sites is 3. The van der Waals surface area contributed by atoms with Gasteiger partial charge in [-0.1, -0.05) is 60.7 Å². The summed E-state index contributed by atoms with van der Waals surface area (Å²) in [7, 11) is 0. The van der Waals surface area contributed by atoms with Gasteiger partial charge >= 0.3 is 0 Å². The van der Waals surface area contributed by atoms with E-state index in [1.54, 1.807) is 0 Å². The van der Waals surface area contributed by atoms with Gasteiger partial charge in [0.25, 0.3) is 0 Å². The molecule has 5 rings (SSSR count). The zero-order valence-electron chi connectivity index (χ0n) is 17.2. The third kappa shape index (κ3) is 3.39. The number of fused-ring (bicyclic) bond motifs is 1. The van der Waals surface area contributed by atoms with Crippen LogP contribution in [0.3, 0.4) is 0 Å². The van der Waals surface area contributed by atoms with Gasteiger partial charge in [-0.2, -0.15) is 0 Å². The van der Waals surface area contributed by atoms with E-state index in [-0.39, 0.29) is 11.8 Å². The van der Waals surface area contributed by atoms with Gasteiger partial charge in [-0.25, -0.2) is 4.98 Å². The average molecular weight is 396 g/mol. The van der Waals surface area contributed by atoms with Crippen LogP contribution in [0.2, 0.25) is 0 Å². The van der Waals surface area contributed by atoms with Gasteiger partial charge < -0.3 is 9.47 Å². The lowest BCUT2D eigenvalue weighted by molar-refractivity contribution is -0.117. The van der Waals surface area contributed by atoms with Crippen LogP contribution in [-0.2, 0) is 17.8 Å². The molecule has 30 heavy (non-hydrogen) atoms. The summed E-state index contributed by atoms with van der Waals surface area (Å²) in [5.41, 5.74) is 5.60. The summed E-state index contributed by atoms with van der Waals surface area (Å²) in [4.78, 5) is 19.8. The predicted molar refractivity (Wildman–Crippen MR) is 121 cm³/mol. The van der Waals surface area contributed by atoms with E-state index in [2.05, 4.69) is 60.0 Å². The van der Waals surface area contributed by atoms with Crippen LogP contribution < -0.4 is 4.90 Å². The van der Waals surface area contributed by atoms with Gasteiger partial charge in [0, 0.05) is 31.1 Å². The molecule has 0 unspecified atom stereocenters. The van der Waals surface area contributed by atoms with E-state index in [0.717, 1.165) is 41.1 Å². The first-order valence-electron chi connectivity index (χ1n) is 10.6. The molecule has 0 saturated carbocycles. The molecule has 150 valence electrons. The minimum atomic E-state index is 0.0975. The number of hydrogen-bond acceptors (Lipinski definition) is 2. The Morgan fingerprint density at radius 3 is 2.50 bits per heavy atom. The Hall–Kier alpha value is -3.40. The van der Waals surface area contributed by atoms with E-state index in [9.17, 15) is 4.79 Å². The molecule has 1 atom stereocenters. The van der Waals surface area contributed by atoms with Crippen LogP contribution in [0.15, 0.2) is 78.9 Å². The van der Waals surface area contributed by atoms with Gasteiger partial charge in [-0.3, -0.25) is 4.79 Å². The van der Waals surface area contributed by atoms with Crippen molar-refractivity contribution in [3.05, 3.63) is 95.8 Å². The second kappa shape index (κ2) is 7.79. The molecule has 1 saturated heterocycles. The summed E-state index contributed by atoms with van der Waals surface area (Å²) < 4.78 is 2.32. The normalized spacial score (nSPS) is 16.5. The third-order valence-corrected chi connectivity index (χ3v) is 6.05. The van der Waals surface area contributed by atoms with Gasteiger partial charge in [0.05, 0.1) is 11.0 Å². The molecule has 0 bridgehead atoms. The van der Waals surface area contributed by atoms with Crippen LogP contribution in [0.1, 0.15) is 29.3 Å². The van der Waals surface area contributed by atoms with E-state index >= 15 is 0 Å². The van der Waals surface area contributed by atoms with Gasteiger partial charge in [0.1, 0.15) is 5.82 Å². The van der Waals surface area contributed by atoms with Crippen molar-refractivity contribution in [2.75, 3.05) is 11.4 Å². The molecular weight excluding hydrogens is 370 g/mol. The van der Waals surface area contributed by atoms with E-state index in [0.29, 0.717) is 13.0 Å². The summed E-state index contributed by atoms with van der Waals surface area (Å²) >= 11 is 0. The molecule has 1 aliphatic heterocycles. The van der Waals surface area contributed by atoms with Crippen LogP contribution in [0.5, 0.6) is 0 Å². The largest absolute Gasteiger partial charge is 0.327 e. The summed E-state index contributed by atoms with van der Waals surface area (Å²) in [5, 5.41) is 0. The van der Waals surface area contributed by atoms with E-state index < -0.39 is 0 Å². The van der Waals surface area contributed by atoms with Crippen molar-refractivity contribution in [3.63, 3.8) is 0 Å². The Morgan fingerprint density at radius 1 is 0.933 bits per heavy atom. The maximum absolute atomic E-state index is 12.9. The summed E-state index contributed by atoms with van der Waals surface area (Å²) in [6.07, 6.45) is 1.44. The van der Waals surface area contributed by atoms with Gasteiger partial charge in [0.15, 0.2) is 0 Å². The van der Waals surface area contributed by atoms with Gasteiger partial charge in [0.2, 0.25) is 5.91 Å². The Bertz CT molecular complexity index is 1200. The first-order chi connectivity index (χ1) is 14.7. The maximum Gasteiger partial charge on any atom is 0.227 e. The van der Waals surface area contributed by atoms with Gasteiger partial charge in [-0.15, -0.1) is 0 Å². The van der Waals surface area contributed by atoms with Crippen molar-refractivity contribution in [1.29, 1.82) is 0 Å². The molecular formula is C26H25N3O. The smallest absolute Gasteiger partial charge is 0.227 e. The highest BCUT2D eigenvalue weighted by molar-refractivity contribution is 5.97. The molecule has 1 aromatic heterocycles. The summed E-state index contributed by atoms with van der Waals surface area (Å²) in [6.45, 7) is 3.60. The van der Waals surface area contributed by atoms with Crippen molar-refractivity contribution in [2.24, 2.45) is 0 Å². The number of rotatable bonds is 5. The number of aromatic nitrogens is 2. The quantitative estimate of drug-likeness (QED) is 0.471. The third-order valence-electron chi connectivity index (χ3n) is 6.05. The van der Waals surface area contributed by atoms with E-state index in [4.69, 9.17) is 4.98 Å². The number of amides is 1. The highest BCUT2D eigenvalue weighted by Gasteiger charge is 2.35. The van der Waals surface area contributed by atoms with Crippen LogP contribution in [0.25, 0.3) is 11.0 Å². The number of nitrogens with zero attached hydrogens (tertiary/aromatic N) is 3. The number of carbonyl (C=O) groups excluding carboxylic acids is 1. The van der Waals surface area contributed by atoms with Crippen molar-refractivity contribution in [2.45, 2.75) is 32.2 Å². The van der Waals surface area contributed by atoms with Gasteiger partial charge in [-0.05, 0) is 42.7 Å². The Balaban J connectivity index is 1.48. The molecule has 0 aliphatic carbocycles. The Kier molecular flexibility index (Phi) is 4.83. The van der Waals surface area contributed by atoms with Crippen LogP contribution in [-0.4, -0.2) is 22.0 Å². The number of aryl methyl sites for hydroxylation is 3. The number of benzene rings is 3. The fourth-order valence-electron chi connectivity index (χ4n) is 4.51. The fourth-order valence-corrected chi connectivity index (χ4v) is 4.51.